The van der Waals surface area contributed by atoms with Crippen LogP contribution in [0.4, 0.5) is 0 Å². The number of phosphoric ester groups is 1. The van der Waals surface area contributed by atoms with Gasteiger partial charge in [0.1, 0.15) is 6.10 Å². The Morgan fingerprint density at radius 1 is 0.608 bits per heavy atom. The highest BCUT2D eigenvalue weighted by atomic mass is 31.2. The molecule has 0 aromatic rings. The molecule has 0 saturated heterocycles. The van der Waals surface area contributed by atoms with Crippen molar-refractivity contribution in [2.24, 2.45) is 5.73 Å². The fourth-order valence-corrected chi connectivity index (χ4v) is 6.02. The van der Waals surface area contributed by atoms with Gasteiger partial charge in [0.15, 0.2) is 0 Å². The minimum absolute atomic E-state index is 0.0929. The van der Waals surface area contributed by atoms with Gasteiger partial charge in [-0.25, -0.2) is 4.57 Å². The van der Waals surface area contributed by atoms with E-state index in [1.165, 1.54) is 70.6 Å². The Morgan fingerprint density at radius 2 is 1.10 bits per heavy atom. The summed E-state index contributed by atoms with van der Waals surface area (Å²) in [5.41, 5.74) is 5.36. The molecule has 8 nitrogen and oxygen atoms in total. The van der Waals surface area contributed by atoms with Gasteiger partial charge in [-0.3, -0.25) is 13.8 Å². The number of esters is 1. The lowest BCUT2D eigenvalue weighted by atomic mass is 10.0. The Balaban J connectivity index is 4.14. The molecule has 0 fully saturated rings. The molecule has 0 bridgehead atoms. The van der Waals surface area contributed by atoms with Crippen LogP contribution in [-0.4, -0.2) is 49.9 Å². The maximum Gasteiger partial charge on any atom is 0.472 e. The van der Waals surface area contributed by atoms with E-state index in [-0.39, 0.29) is 38.8 Å². The maximum atomic E-state index is 12.5. The summed E-state index contributed by atoms with van der Waals surface area (Å²) in [5.74, 6) is -0.362. The van der Waals surface area contributed by atoms with Gasteiger partial charge < -0.3 is 20.1 Å². The third kappa shape index (κ3) is 39.2. The van der Waals surface area contributed by atoms with Crippen LogP contribution in [0.3, 0.4) is 0 Å². The van der Waals surface area contributed by atoms with E-state index >= 15 is 0 Å². The average Bonchev–Trinajstić information content (AvgIpc) is 3.12. The number of rotatable bonds is 38. The van der Waals surface area contributed by atoms with Crippen LogP contribution >= 0.6 is 7.82 Å². The van der Waals surface area contributed by atoms with Gasteiger partial charge in [0.25, 0.3) is 0 Å². The van der Waals surface area contributed by atoms with Gasteiger partial charge in [-0.2, -0.15) is 0 Å². The number of allylic oxidation sites excluding steroid dienone is 10. The minimum atomic E-state index is -4.28. The highest BCUT2D eigenvalue weighted by molar-refractivity contribution is 7.47. The number of phosphoric acid groups is 1. The molecule has 9 heteroatoms. The van der Waals surface area contributed by atoms with Crippen molar-refractivity contribution in [2.75, 3.05) is 33.0 Å². The van der Waals surface area contributed by atoms with Crippen LogP contribution in [-0.2, 0) is 27.9 Å². The van der Waals surface area contributed by atoms with Gasteiger partial charge in [0, 0.05) is 19.6 Å². The summed E-state index contributed by atoms with van der Waals surface area (Å²) in [7, 11) is -4.28. The number of hydrogen-bond donors (Lipinski definition) is 2. The van der Waals surface area contributed by atoms with E-state index in [4.69, 9.17) is 24.3 Å². The maximum absolute atomic E-state index is 12.5. The summed E-state index contributed by atoms with van der Waals surface area (Å²) < 4.78 is 33.3. The van der Waals surface area contributed by atoms with Crippen LogP contribution in [0.5, 0.6) is 0 Å². The Labute approximate surface area is 313 Å². The van der Waals surface area contributed by atoms with Gasteiger partial charge in [-0.05, 0) is 57.8 Å². The van der Waals surface area contributed by atoms with Crippen molar-refractivity contribution in [1.29, 1.82) is 0 Å². The second kappa shape index (κ2) is 39.4. The van der Waals surface area contributed by atoms with E-state index in [1.807, 2.05) is 0 Å². The lowest BCUT2D eigenvalue weighted by Gasteiger charge is -2.20. The molecule has 2 atom stereocenters. The van der Waals surface area contributed by atoms with Crippen molar-refractivity contribution in [1.82, 2.24) is 0 Å². The van der Waals surface area contributed by atoms with Crippen molar-refractivity contribution in [3.8, 4) is 0 Å². The number of unbranched alkanes of at least 4 members (excludes halogenated alkanes) is 15. The van der Waals surface area contributed by atoms with Gasteiger partial charge in [0.2, 0.25) is 0 Å². The Kier molecular flexibility index (Phi) is 38.0. The van der Waals surface area contributed by atoms with Crippen molar-refractivity contribution in [3.05, 3.63) is 60.8 Å². The van der Waals surface area contributed by atoms with E-state index in [9.17, 15) is 14.3 Å². The third-order valence-corrected chi connectivity index (χ3v) is 9.18. The smallest absolute Gasteiger partial charge is 0.457 e. The van der Waals surface area contributed by atoms with Crippen LogP contribution in [0.2, 0.25) is 0 Å². The summed E-state index contributed by atoms with van der Waals surface area (Å²) >= 11 is 0. The zero-order valence-corrected chi connectivity index (χ0v) is 33.5. The van der Waals surface area contributed by atoms with Gasteiger partial charge in [-0.1, -0.05) is 158 Å². The predicted molar refractivity (Wildman–Crippen MR) is 215 cm³/mol. The molecule has 3 N–H and O–H groups in total. The number of carbonyl (C=O) groups excluding carboxylic acids is 1. The molecule has 51 heavy (non-hydrogen) atoms. The minimum Gasteiger partial charge on any atom is -0.457 e. The lowest BCUT2D eigenvalue weighted by molar-refractivity contribution is -0.154. The number of nitrogens with two attached hydrogens (primary N) is 1. The molecular formula is C42H76NO7P. The van der Waals surface area contributed by atoms with Crippen LogP contribution in [0.25, 0.3) is 0 Å². The SMILES string of the molecule is CC/C=C\C/C=C\C/C=C\C/C=C\C/C=C\CCCCCC(=O)OC(COCCCCCCCCCCCCCCC)COP(=O)(O)OCCN. The first kappa shape index (κ1) is 49.2. The highest BCUT2D eigenvalue weighted by Crippen LogP contribution is 2.43. The van der Waals surface area contributed by atoms with Crippen LogP contribution in [0.1, 0.15) is 162 Å². The average molecular weight is 738 g/mol. The van der Waals surface area contributed by atoms with Gasteiger partial charge in [-0.15, -0.1) is 0 Å². The van der Waals surface area contributed by atoms with Gasteiger partial charge in [0.05, 0.1) is 19.8 Å². The van der Waals surface area contributed by atoms with Crippen molar-refractivity contribution < 1.29 is 32.8 Å². The molecule has 0 aliphatic carbocycles. The molecule has 0 aliphatic heterocycles. The number of ether oxygens (including phenoxy) is 2. The van der Waals surface area contributed by atoms with Crippen LogP contribution in [0.15, 0.2) is 60.8 Å². The first-order chi connectivity index (χ1) is 24.9. The first-order valence-corrected chi connectivity index (χ1v) is 21.8. The molecule has 0 rings (SSSR count). The fraction of sp³-hybridized carbons (Fsp3) is 0.738. The highest BCUT2D eigenvalue weighted by Gasteiger charge is 2.25. The number of hydrogen-bond acceptors (Lipinski definition) is 7. The van der Waals surface area contributed by atoms with E-state index in [2.05, 4.69) is 74.6 Å². The summed E-state index contributed by atoms with van der Waals surface area (Å²) in [5, 5.41) is 0. The largest absolute Gasteiger partial charge is 0.472 e. The fourth-order valence-electron chi connectivity index (χ4n) is 5.26. The zero-order chi connectivity index (χ0) is 37.4. The Bertz CT molecular complexity index is 963. The van der Waals surface area contributed by atoms with Gasteiger partial charge >= 0.3 is 13.8 Å². The second-order valence-corrected chi connectivity index (χ2v) is 14.6. The molecule has 0 spiro atoms. The second-order valence-electron chi connectivity index (χ2n) is 13.1. The van der Waals surface area contributed by atoms with Crippen molar-refractivity contribution in [2.45, 2.75) is 168 Å². The standard InChI is InChI=1S/C42H76NO7P/c1-3-5-7-9-11-13-15-17-18-19-20-21-22-23-25-27-29-31-33-35-42(44)50-41(40-49-51(45,46)48-38-36-43)39-47-37-34-32-30-28-26-24-16-14-12-10-8-6-4-2/h5,7,11,13,17-18,20-21,23,25,41H,3-4,6,8-10,12,14-16,19,22,24,26-40,43H2,1-2H3,(H,45,46)/b7-5-,13-11-,18-17-,21-20-,25-23-. The predicted octanol–water partition coefficient (Wildman–Crippen LogP) is 11.8. The monoisotopic (exact) mass is 738 g/mol. The number of carbonyl (C=O) groups is 1. The molecule has 0 amide bonds. The molecule has 0 aromatic carbocycles. The van der Waals surface area contributed by atoms with E-state index < -0.39 is 13.9 Å². The van der Waals surface area contributed by atoms with Crippen LogP contribution < -0.4 is 5.73 Å². The molecule has 0 aliphatic rings. The molecule has 0 radical (unpaired) electrons. The molecule has 0 heterocycles. The van der Waals surface area contributed by atoms with E-state index in [1.54, 1.807) is 0 Å². The summed E-state index contributed by atoms with van der Waals surface area (Å²) in [6.07, 6.45) is 46.6. The van der Waals surface area contributed by atoms with E-state index in [0.717, 1.165) is 70.6 Å². The Hall–Kier alpha value is -1.80. The first-order valence-electron chi connectivity index (χ1n) is 20.3. The molecular weight excluding hydrogens is 661 g/mol. The molecule has 0 saturated carbocycles. The normalized spacial score (nSPS) is 14.2. The summed E-state index contributed by atoms with van der Waals surface area (Å²) in [6.45, 7) is 4.75. The summed E-state index contributed by atoms with van der Waals surface area (Å²) in [6, 6.07) is 0. The topological polar surface area (TPSA) is 117 Å². The van der Waals surface area contributed by atoms with Crippen molar-refractivity contribution >= 4 is 13.8 Å². The lowest BCUT2D eigenvalue weighted by Crippen LogP contribution is -2.28. The van der Waals surface area contributed by atoms with Crippen molar-refractivity contribution in [3.63, 3.8) is 0 Å². The third-order valence-electron chi connectivity index (χ3n) is 8.20. The van der Waals surface area contributed by atoms with E-state index in [0.29, 0.717) is 6.61 Å². The molecule has 296 valence electrons. The molecule has 0 aromatic heterocycles. The van der Waals surface area contributed by atoms with Crippen LogP contribution in [0, 0.1) is 0 Å². The molecule has 2 unspecified atom stereocenters. The Morgan fingerprint density at radius 3 is 1.63 bits per heavy atom. The quantitative estimate of drug-likeness (QED) is 0.0278. The summed E-state index contributed by atoms with van der Waals surface area (Å²) in [4.78, 5) is 22.4. The zero-order valence-electron chi connectivity index (χ0n) is 32.6.